The fourth-order valence-corrected chi connectivity index (χ4v) is 2.36. The van der Waals surface area contributed by atoms with Gasteiger partial charge in [-0.1, -0.05) is 37.7 Å². The second-order valence-electron chi connectivity index (χ2n) is 4.24. The number of halogens is 2. The Hall–Kier alpha value is -0.650. The molecule has 1 amide bonds. The highest BCUT2D eigenvalue weighted by Gasteiger charge is 2.25. The van der Waals surface area contributed by atoms with Gasteiger partial charge in [-0.25, -0.2) is 0 Å². The van der Waals surface area contributed by atoms with Crippen molar-refractivity contribution in [2.45, 2.75) is 13.8 Å². The summed E-state index contributed by atoms with van der Waals surface area (Å²) in [6, 6.07) is 5.19. The molecule has 0 aliphatic carbocycles. The maximum Gasteiger partial charge on any atom is 0.234 e. The smallest absolute Gasteiger partial charge is 0.234 e. The zero-order valence-electron chi connectivity index (χ0n) is 10.0. The molecule has 0 saturated carbocycles. The molecule has 98 valence electrons. The van der Waals surface area contributed by atoms with E-state index in [2.05, 4.69) is 21.2 Å². The van der Waals surface area contributed by atoms with Crippen LogP contribution in [0.1, 0.15) is 13.8 Å². The van der Waals surface area contributed by atoms with Crippen LogP contribution in [-0.4, -0.2) is 10.9 Å². The lowest BCUT2D eigenvalue weighted by Gasteiger charge is -2.19. The highest BCUT2D eigenvalue weighted by Crippen LogP contribution is 2.26. The molecule has 0 spiro atoms. The summed E-state index contributed by atoms with van der Waals surface area (Å²) in [4.78, 5) is 12.3. The fourth-order valence-electron chi connectivity index (χ4n) is 1.55. The van der Waals surface area contributed by atoms with Gasteiger partial charge in [0.1, 0.15) is 0 Å². The van der Waals surface area contributed by atoms with Gasteiger partial charge < -0.3 is 11.1 Å². The molecule has 0 heterocycles. The number of benzene rings is 1. The van der Waals surface area contributed by atoms with Crippen LogP contribution in [0.4, 0.5) is 5.69 Å². The van der Waals surface area contributed by atoms with Crippen LogP contribution in [0.25, 0.3) is 0 Å². The lowest BCUT2D eigenvalue weighted by atomic mass is 9.95. The molecular formula is C12H14BrClN2OS. The minimum atomic E-state index is -0.484. The van der Waals surface area contributed by atoms with E-state index in [1.54, 1.807) is 18.2 Å². The van der Waals surface area contributed by atoms with Crippen molar-refractivity contribution in [3.63, 3.8) is 0 Å². The number of amides is 1. The number of hydrogen-bond donors (Lipinski definition) is 2. The van der Waals surface area contributed by atoms with Gasteiger partial charge in [-0.15, -0.1) is 0 Å². The minimum absolute atomic E-state index is 0.0495. The van der Waals surface area contributed by atoms with Crippen LogP contribution in [0, 0.1) is 11.8 Å². The Bertz CT molecular complexity index is 479. The second kappa shape index (κ2) is 6.50. The van der Waals surface area contributed by atoms with Gasteiger partial charge in [0.05, 0.1) is 15.9 Å². The molecule has 0 radical (unpaired) electrons. The Morgan fingerprint density at radius 2 is 2.11 bits per heavy atom. The average molecular weight is 350 g/mol. The fraction of sp³-hybridized carbons (Fsp3) is 0.333. The van der Waals surface area contributed by atoms with Crippen molar-refractivity contribution in [3.05, 3.63) is 27.7 Å². The molecule has 1 atom stereocenters. The standard InChI is InChI=1S/C12H14BrClN2OS/c1-6(2)10(11(15)18)12(17)16-7-3-4-8(13)9(14)5-7/h3-6,10H,1-2H3,(H2,15,18)(H,16,17). The van der Waals surface area contributed by atoms with E-state index < -0.39 is 5.92 Å². The molecule has 0 aliphatic heterocycles. The van der Waals surface area contributed by atoms with E-state index in [0.717, 1.165) is 4.47 Å². The van der Waals surface area contributed by atoms with Crippen LogP contribution in [-0.2, 0) is 4.79 Å². The third-order valence-electron chi connectivity index (χ3n) is 2.44. The molecular weight excluding hydrogens is 336 g/mol. The first-order valence-electron chi connectivity index (χ1n) is 5.38. The van der Waals surface area contributed by atoms with Crippen LogP contribution >= 0.6 is 39.7 Å². The number of nitrogens with one attached hydrogen (secondary N) is 1. The van der Waals surface area contributed by atoms with Gasteiger partial charge >= 0.3 is 0 Å². The van der Waals surface area contributed by atoms with Gasteiger partial charge in [-0.2, -0.15) is 0 Å². The number of anilines is 1. The Balaban J connectivity index is 2.86. The third kappa shape index (κ3) is 3.93. The lowest BCUT2D eigenvalue weighted by molar-refractivity contribution is -0.118. The van der Waals surface area contributed by atoms with E-state index in [-0.39, 0.29) is 16.8 Å². The Labute approximate surface area is 125 Å². The normalized spacial score (nSPS) is 12.3. The molecule has 3 N–H and O–H groups in total. The molecule has 1 aromatic carbocycles. The van der Waals surface area contributed by atoms with Crippen molar-refractivity contribution in [2.75, 3.05) is 5.32 Å². The molecule has 0 aromatic heterocycles. The monoisotopic (exact) mass is 348 g/mol. The van der Waals surface area contributed by atoms with Crippen molar-refractivity contribution >= 4 is 56.3 Å². The SMILES string of the molecule is CC(C)C(C(=O)Nc1ccc(Br)c(Cl)c1)C(N)=S. The molecule has 1 rings (SSSR count). The molecule has 1 unspecified atom stereocenters. The van der Waals surface area contributed by atoms with Gasteiger partial charge in [-0.05, 0) is 40.0 Å². The zero-order valence-corrected chi connectivity index (χ0v) is 13.2. The molecule has 0 saturated heterocycles. The summed E-state index contributed by atoms with van der Waals surface area (Å²) in [5.74, 6) is -0.647. The van der Waals surface area contributed by atoms with Crippen molar-refractivity contribution in [3.8, 4) is 0 Å². The van der Waals surface area contributed by atoms with Gasteiger partial charge in [-0.3, -0.25) is 4.79 Å². The van der Waals surface area contributed by atoms with Crippen LogP contribution < -0.4 is 11.1 Å². The Morgan fingerprint density at radius 3 is 2.56 bits per heavy atom. The number of thiocarbonyl (C=S) groups is 1. The topological polar surface area (TPSA) is 55.1 Å². The van der Waals surface area contributed by atoms with Crippen LogP contribution in [0.3, 0.4) is 0 Å². The molecule has 6 heteroatoms. The summed E-state index contributed by atoms with van der Waals surface area (Å²) in [7, 11) is 0. The van der Waals surface area contributed by atoms with Gasteiger partial charge in [0.25, 0.3) is 0 Å². The van der Waals surface area contributed by atoms with Gasteiger partial charge in [0.2, 0.25) is 5.91 Å². The van der Waals surface area contributed by atoms with E-state index in [9.17, 15) is 4.79 Å². The summed E-state index contributed by atoms with van der Waals surface area (Å²) in [6.45, 7) is 3.80. The number of carbonyl (C=O) groups excluding carboxylic acids is 1. The van der Waals surface area contributed by atoms with Crippen molar-refractivity contribution < 1.29 is 4.79 Å². The number of nitrogens with two attached hydrogens (primary N) is 1. The quantitative estimate of drug-likeness (QED) is 0.817. The first kappa shape index (κ1) is 15.4. The van der Waals surface area contributed by atoms with E-state index in [4.69, 9.17) is 29.6 Å². The predicted octanol–water partition coefficient (Wildman–Crippen LogP) is 3.60. The summed E-state index contributed by atoms with van der Waals surface area (Å²) in [6.07, 6.45) is 0. The third-order valence-corrected chi connectivity index (χ3v) is 3.93. The number of rotatable bonds is 4. The van der Waals surface area contributed by atoms with Crippen LogP contribution in [0.5, 0.6) is 0 Å². The van der Waals surface area contributed by atoms with Crippen molar-refractivity contribution in [2.24, 2.45) is 17.6 Å². The molecule has 3 nitrogen and oxygen atoms in total. The summed E-state index contributed by atoms with van der Waals surface area (Å²) in [5, 5.41) is 3.29. The molecule has 18 heavy (non-hydrogen) atoms. The lowest BCUT2D eigenvalue weighted by Crippen LogP contribution is -2.36. The highest BCUT2D eigenvalue weighted by atomic mass is 79.9. The molecule has 0 bridgehead atoms. The summed E-state index contributed by atoms with van der Waals surface area (Å²) in [5.41, 5.74) is 6.20. The first-order valence-corrected chi connectivity index (χ1v) is 6.96. The van der Waals surface area contributed by atoms with E-state index in [1.165, 1.54) is 0 Å². The zero-order chi connectivity index (χ0) is 13.9. The van der Waals surface area contributed by atoms with E-state index >= 15 is 0 Å². The maximum absolute atomic E-state index is 12.1. The van der Waals surface area contributed by atoms with Gasteiger partial charge in [0, 0.05) is 10.2 Å². The minimum Gasteiger partial charge on any atom is -0.393 e. The van der Waals surface area contributed by atoms with E-state index in [1.807, 2.05) is 13.8 Å². The van der Waals surface area contributed by atoms with E-state index in [0.29, 0.717) is 10.7 Å². The van der Waals surface area contributed by atoms with Crippen LogP contribution in [0.15, 0.2) is 22.7 Å². The maximum atomic E-state index is 12.1. The summed E-state index contributed by atoms with van der Waals surface area (Å²) < 4.78 is 0.775. The number of carbonyl (C=O) groups is 1. The average Bonchev–Trinajstić information content (AvgIpc) is 2.22. The van der Waals surface area contributed by atoms with Gasteiger partial charge in [0.15, 0.2) is 0 Å². The van der Waals surface area contributed by atoms with Crippen LogP contribution in [0.2, 0.25) is 5.02 Å². The second-order valence-corrected chi connectivity index (χ2v) is 5.98. The predicted molar refractivity (Wildman–Crippen MR) is 82.9 cm³/mol. The highest BCUT2D eigenvalue weighted by molar-refractivity contribution is 9.10. The Kier molecular flexibility index (Phi) is 5.56. The molecule has 1 aromatic rings. The molecule has 0 aliphatic rings. The van der Waals surface area contributed by atoms with Crippen molar-refractivity contribution in [1.29, 1.82) is 0 Å². The largest absolute Gasteiger partial charge is 0.393 e. The summed E-state index contributed by atoms with van der Waals surface area (Å²) >= 11 is 14.2. The number of hydrogen-bond acceptors (Lipinski definition) is 2. The Morgan fingerprint density at radius 1 is 1.50 bits per heavy atom. The molecule has 0 fully saturated rings. The first-order chi connectivity index (χ1) is 8.32. The van der Waals surface area contributed by atoms with Crippen molar-refractivity contribution in [1.82, 2.24) is 0 Å².